The molecule has 2 atom stereocenters. The van der Waals surface area contributed by atoms with Gasteiger partial charge in [0.1, 0.15) is 0 Å². The lowest BCUT2D eigenvalue weighted by atomic mass is 10.1. The highest BCUT2D eigenvalue weighted by Gasteiger charge is 2.29. The third-order valence-electron chi connectivity index (χ3n) is 4.77. The van der Waals surface area contributed by atoms with E-state index in [-0.39, 0.29) is 6.10 Å². The van der Waals surface area contributed by atoms with Crippen LogP contribution in [-0.2, 0) is 11.3 Å². The van der Waals surface area contributed by atoms with E-state index in [2.05, 4.69) is 60.2 Å². The lowest BCUT2D eigenvalue weighted by Crippen LogP contribution is -2.48. The Morgan fingerprint density at radius 2 is 2.09 bits per heavy atom. The Labute approximate surface area is 144 Å². The summed E-state index contributed by atoms with van der Waals surface area (Å²) in [5.41, 5.74) is 2.35. The summed E-state index contributed by atoms with van der Waals surface area (Å²) in [6.45, 7) is 7.54. The Kier molecular flexibility index (Phi) is 5.34. The fourth-order valence-corrected chi connectivity index (χ4v) is 3.54. The fourth-order valence-electron chi connectivity index (χ4n) is 3.24. The molecule has 0 radical (unpaired) electrons. The maximum atomic E-state index is 5.74. The van der Waals surface area contributed by atoms with Gasteiger partial charge in [0, 0.05) is 31.6 Å². The van der Waals surface area contributed by atoms with Crippen molar-refractivity contribution in [3.8, 4) is 0 Å². The number of rotatable bonds is 5. The van der Waals surface area contributed by atoms with Crippen LogP contribution in [0.25, 0.3) is 0 Å². The van der Waals surface area contributed by atoms with Crippen molar-refractivity contribution in [1.29, 1.82) is 0 Å². The van der Waals surface area contributed by atoms with Crippen LogP contribution < -0.4 is 0 Å². The molecule has 0 saturated carbocycles. The fraction of sp³-hybridized carbons (Fsp3) is 0.526. The molecule has 3 nitrogen and oxygen atoms in total. The van der Waals surface area contributed by atoms with Crippen molar-refractivity contribution in [2.75, 3.05) is 13.1 Å². The number of thiocarbonyl (C=S) groups is 1. The van der Waals surface area contributed by atoms with Gasteiger partial charge in [-0.05, 0) is 43.7 Å². The molecule has 0 aliphatic carbocycles. The van der Waals surface area contributed by atoms with Gasteiger partial charge in [0.15, 0.2) is 5.05 Å². The van der Waals surface area contributed by atoms with Gasteiger partial charge >= 0.3 is 0 Å². The SMILES string of the molecule is CCC(C)OC(=S)c1ccc(CN2CCCN3C=CCC32)cc1. The van der Waals surface area contributed by atoms with Gasteiger partial charge in [-0.1, -0.05) is 37.3 Å². The van der Waals surface area contributed by atoms with Crippen molar-refractivity contribution in [3.63, 3.8) is 0 Å². The zero-order valence-corrected chi connectivity index (χ0v) is 14.9. The van der Waals surface area contributed by atoms with Gasteiger partial charge in [-0.25, -0.2) is 0 Å². The molecule has 0 aromatic heterocycles. The van der Waals surface area contributed by atoms with Crippen LogP contribution in [0.4, 0.5) is 0 Å². The lowest BCUT2D eigenvalue weighted by molar-refractivity contribution is 0.0435. The van der Waals surface area contributed by atoms with Gasteiger partial charge in [0.25, 0.3) is 0 Å². The number of nitrogens with zero attached hydrogens (tertiary/aromatic N) is 2. The Balaban J connectivity index is 1.60. The molecule has 0 amide bonds. The monoisotopic (exact) mass is 330 g/mol. The summed E-state index contributed by atoms with van der Waals surface area (Å²) in [5.74, 6) is 0. The summed E-state index contributed by atoms with van der Waals surface area (Å²) in [5, 5.41) is 0.607. The number of fused-ring (bicyclic) bond motifs is 1. The summed E-state index contributed by atoms with van der Waals surface area (Å²) in [7, 11) is 0. The molecule has 0 spiro atoms. The van der Waals surface area contributed by atoms with E-state index in [1.165, 1.54) is 25.1 Å². The molecule has 2 heterocycles. The second-order valence-electron chi connectivity index (χ2n) is 6.48. The van der Waals surface area contributed by atoms with E-state index in [4.69, 9.17) is 17.0 Å². The number of ether oxygens (including phenoxy) is 1. The molecule has 0 bridgehead atoms. The van der Waals surface area contributed by atoms with Crippen LogP contribution in [0.15, 0.2) is 36.5 Å². The third kappa shape index (κ3) is 3.93. The average Bonchev–Trinajstić information content (AvgIpc) is 3.05. The maximum Gasteiger partial charge on any atom is 0.191 e. The van der Waals surface area contributed by atoms with E-state index < -0.39 is 0 Å². The van der Waals surface area contributed by atoms with E-state index in [1.54, 1.807) is 0 Å². The van der Waals surface area contributed by atoms with Crippen LogP contribution in [0, 0.1) is 0 Å². The topological polar surface area (TPSA) is 15.7 Å². The highest BCUT2D eigenvalue weighted by Crippen LogP contribution is 2.25. The van der Waals surface area contributed by atoms with Gasteiger partial charge in [0.2, 0.25) is 0 Å². The van der Waals surface area contributed by atoms with Crippen LogP contribution >= 0.6 is 12.2 Å². The molecule has 3 rings (SSSR count). The molecule has 0 N–H and O–H groups in total. The number of hydrogen-bond donors (Lipinski definition) is 0. The summed E-state index contributed by atoms with van der Waals surface area (Å²) in [6.07, 6.45) is 8.63. The molecule has 2 unspecified atom stereocenters. The smallest absolute Gasteiger partial charge is 0.191 e. The van der Waals surface area contributed by atoms with Crippen LogP contribution in [0.5, 0.6) is 0 Å². The lowest BCUT2D eigenvalue weighted by Gasteiger charge is -2.40. The predicted octanol–water partition coefficient (Wildman–Crippen LogP) is 3.93. The average molecular weight is 330 g/mol. The van der Waals surface area contributed by atoms with Crippen molar-refractivity contribution in [1.82, 2.24) is 9.80 Å². The number of hydrogen-bond acceptors (Lipinski definition) is 4. The van der Waals surface area contributed by atoms with Gasteiger partial charge in [-0.3, -0.25) is 4.90 Å². The first-order valence-corrected chi connectivity index (χ1v) is 9.04. The summed E-state index contributed by atoms with van der Waals surface area (Å²) in [6, 6.07) is 8.55. The molecule has 2 aliphatic heterocycles. The Bertz CT molecular complexity index is 569. The first-order valence-electron chi connectivity index (χ1n) is 8.63. The Morgan fingerprint density at radius 1 is 1.30 bits per heavy atom. The largest absolute Gasteiger partial charge is 0.480 e. The molecule has 4 heteroatoms. The Morgan fingerprint density at radius 3 is 2.83 bits per heavy atom. The zero-order valence-electron chi connectivity index (χ0n) is 14.1. The summed E-state index contributed by atoms with van der Waals surface area (Å²) < 4.78 is 5.74. The molecule has 124 valence electrons. The highest BCUT2D eigenvalue weighted by molar-refractivity contribution is 7.80. The van der Waals surface area contributed by atoms with Gasteiger partial charge in [0.05, 0.1) is 12.3 Å². The standard InChI is InChI=1S/C19H26N2OS/c1-3-15(2)22-19(23)17-9-7-16(8-10-17)14-21-13-5-12-20-11-4-6-18(20)21/h4,7-11,15,18H,3,5-6,12-14H2,1-2H3. The quantitative estimate of drug-likeness (QED) is 0.760. The maximum absolute atomic E-state index is 5.74. The number of benzene rings is 1. The normalized spacial score (nSPS) is 22.0. The second kappa shape index (κ2) is 7.45. The van der Waals surface area contributed by atoms with E-state index in [9.17, 15) is 0 Å². The highest BCUT2D eigenvalue weighted by atomic mass is 32.1. The van der Waals surface area contributed by atoms with Crippen LogP contribution in [0.2, 0.25) is 0 Å². The molecule has 1 fully saturated rings. The van der Waals surface area contributed by atoms with Crippen LogP contribution in [0.1, 0.15) is 44.2 Å². The van der Waals surface area contributed by atoms with Crippen molar-refractivity contribution < 1.29 is 4.74 Å². The minimum Gasteiger partial charge on any atom is -0.480 e. The molecule has 2 aliphatic rings. The molecule has 1 aromatic rings. The van der Waals surface area contributed by atoms with Crippen molar-refractivity contribution >= 4 is 17.3 Å². The van der Waals surface area contributed by atoms with E-state index in [0.717, 1.165) is 24.9 Å². The van der Waals surface area contributed by atoms with Crippen molar-refractivity contribution in [2.45, 2.75) is 51.9 Å². The summed E-state index contributed by atoms with van der Waals surface area (Å²) in [4.78, 5) is 5.04. The minimum atomic E-state index is 0.177. The van der Waals surface area contributed by atoms with Gasteiger partial charge in [-0.2, -0.15) is 0 Å². The first kappa shape index (κ1) is 16.5. The third-order valence-corrected chi connectivity index (χ3v) is 5.10. The van der Waals surface area contributed by atoms with E-state index >= 15 is 0 Å². The zero-order chi connectivity index (χ0) is 16.2. The van der Waals surface area contributed by atoms with E-state index in [0.29, 0.717) is 11.2 Å². The molecular formula is C19H26N2OS. The van der Waals surface area contributed by atoms with Gasteiger partial charge < -0.3 is 9.64 Å². The second-order valence-corrected chi connectivity index (χ2v) is 6.85. The van der Waals surface area contributed by atoms with Crippen molar-refractivity contribution in [2.24, 2.45) is 0 Å². The van der Waals surface area contributed by atoms with Crippen LogP contribution in [-0.4, -0.2) is 40.2 Å². The molecular weight excluding hydrogens is 304 g/mol. The Hall–Kier alpha value is -1.39. The molecule has 1 saturated heterocycles. The molecule has 1 aromatic carbocycles. The van der Waals surface area contributed by atoms with Gasteiger partial charge in [-0.15, -0.1) is 0 Å². The van der Waals surface area contributed by atoms with Crippen molar-refractivity contribution in [3.05, 3.63) is 47.7 Å². The first-order chi connectivity index (χ1) is 11.2. The minimum absolute atomic E-state index is 0.177. The molecule has 23 heavy (non-hydrogen) atoms. The summed E-state index contributed by atoms with van der Waals surface area (Å²) >= 11 is 5.38. The predicted molar refractivity (Wildman–Crippen MR) is 98.3 cm³/mol. The van der Waals surface area contributed by atoms with Crippen LogP contribution in [0.3, 0.4) is 0 Å². The van der Waals surface area contributed by atoms with E-state index in [1.807, 2.05) is 0 Å².